The highest BCUT2D eigenvalue weighted by Crippen LogP contribution is 2.27. The minimum Gasteiger partial charge on any atom is -0.447 e. The van der Waals surface area contributed by atoms with Crippen molar-refractivity contribution in [2.75, 3.05) is 5.32 Å². The van der Waals surface area contributed by atoms with Crippen molar-refractivity contribution in [2.45, 2.75) is 32.5 Å². The number of nitrogens with one attached hydrogen (secondary N) is 1. The summed E-state index contributed by atoms with van der Waals surface area (Å²) >= 11 is 1.06. The van der Waals surface area contributed by atoms with Crippen LogP contribution in [0, 0.1) is 0 Å². The van der Waals surface area contributed by atoms with Crippen molar-refractivity contribution in [3.63, 3.8) is 0 Å². The predicted octanol–water partition coefficient (Wildman–Crippen LogP) is 5.26. The van der Waals surface area contributed by atoms with Crippen LogP contribution < -0.4 is 5.32 Å². The van der Waals surface area contributed by atoms with Gasteiger partial charge in [-0.3, -0.25) is 10.1 Å². The summed E-state index contributed by atoms with van der Waals surface area (Å²) in [5.41, 5.74) is 0.764. The molecule has 1 aromatic heterocycles. The molecule has 0 saturated carbocycles. The third kappa shape index (κ3) is 7.60. The zero-order valence-electron chi connectivity index (χ0n) is 20.0. The highest BCUT2D eigenvalue weighted by Gasteiger charge is 2.22. The van der Waals surface area contributed by atoms with E-state index in [1.807, 2.05) is 60.7 Å². The largest absolute Gasteiger partial charge is 0.447 e. The van der Waals surface area contributed by atoms with Crippen LogP contribution in [-0.2, 0) is 23.9 Å². The van der Waals surface area contributed by atoms with Gasteiger partial charge >= 0.3 is 12.1 Å². The van der Waals surface area contributed by atoms with Crippen molar-refractivity contribution in [2.24, 2.45) is 5.16 Å². The Balaban J connectivity index is 1.67. The number of ether oxygens (including phenoxy) is 2. The Morgan fingerprint density at radius 1 is 1.06 bits per heavy atom. The van der Waals surface area contributed by atoms with Gasteiger partial charge in [0.25, 0.3) is 0 Å². The van der Waals surface area contributed by atoms with E-state index in [0.29, 0.717) is 6.29 Å². The van der Waals surface area contributed by atoms with Crippen LogP contribution in [0.4, 0.5) is 9.93 Å². The lowest BCUT2D eigenvalue weighted by Crippen LogP contribution is -2.27. The van der Waals surface area contributed by atoms with Gasteiger partial charge in [-0.25, -0.2) is 14.6 Å². The average Bonchev–Trinajstić information content (AvgIpc) is 3.30. The Morgan fingerprint density at radius 2 is 1.64 bits per heavy atom. The van der Waals surface area contributed by atoms with Crippen molar-refractivity contribution < 1.29 is 28.7 Å². The number of hydrogen-bond acceptors (Lipinski definition) is 9. The molecule has 1 amide bonds. The number of thiazole rings is 1. The summed E-state index contributed by atoms with van der Waals surface area (Å²) in [6.07, 6.45) is -0.983. The Bertz CT molecular complexity index is 1210. The van der Waals surface area contributed by atoms with Crippen LogP contribution in [0.15, 0.2) is 83.5 Å². The molecule has 0 aliphatic rings. The summed E-state index contributed by atoms with van der Waals surface area (Å²) in [5.74, 6) is -1.28. The normalized spacial score (nSPS) is 11.5. The van der Waals surface area contributed by atoms with E-state index in [-0.39, 0.29) is 16.5 Å². The topological polar surface area (TPSA) is 116 Å². The van der Waals surface area contributed by atoms with Crippen LogP contribution in [0.2, 0.25) is 0 Å². The van der Waals surface area contributed by atoms with Crippen molar-refractivity contribution in [1.29, 1.82) is 0 Å². The summed E-state index contributed by atoms with van der Waals surface area (Å²) in [5, 5.41) is 7.85. The van der Waals surface area contributed by atoms with E-state index in [9.17, 15) is 14.4 Å². The highest BCUT2D eigenvalue weighted by atomic mass is 32.1. The minimum absolute atomic E-state index is 0.133. The maximum absolute atomic E-state index is 12.7. The number of nitrogens with zero attached hydrogens (tertiary/aromatic N) is 2. The quantitative estimate of drug-likeness (QED) is 0.105. The second kappa shape index (κ2) is 11.9. The molecule has 1 heterocycles. The summed E-state index contributed by atoms with van der Waals surface area (Å²) in [4.78, 5) is 45.4. The molecule has 186 valence electrons. The molecule has 0 aliphatic carbocycles. The van der Waals surface area contributed by atoms with Crippen molar-refractivity contribution in [1.82, 2.24) is 4.98 Å². The molecular formula is C26H25N3O6S. The maximum Gasteiger partial charge on any atom is 0.413 e. The van der Waals surface area contributed by atoms with E-state index >= 15 is 0 Å². The van der Waals surface area contributed by atoms with Gasteiger partial charge in [-0.2, -0.15) is 0 Å². The lowest BCUT2D eigenvalue weighted by Gasteiger charge is -2.19. The molecule has 1 N–H and O–H groups in total. The smallest absolute Gasteiger partial charge is 0.413 e. The van der Waals surface area contributed by atoms with Gasteiger partial charge in [0.1, 0.15) is 11.3 Å². The molecule has 0 atom stereocenters. The molecule has 2 aromatic carbocycles. The number of hydrogen-bond donors (Lipinski definition) is 1. The monoisotopic (exact) mass is 507 g/mol. The Kier molecular flexibility index (Phi) is 8.69. The number of aldehydes is 1. The summed E-state index contributed by atoms with van der Waals surface area (Å²) in [7, 11) is 0. The zero-order valence-corrected chi connectivity index (χ0v) is 20.8. The fraction of sp³-hybridized carbons (Fsp3) is 0.192. The van der Waals surface area contributed by atoms with Crippen LogP contribution in [0.3, 0.4) is 0 Å². The molecular weight excluding hydrogens is 482 g/mol. The number of esters is 1. The highest BCUT2D eigenvalue weighted by molar-refractivity contribution is 7.14. The number of aromatic nitrogens is 1. The third-order valence-corrected chi connectivity index (χ3v) is 5.16. The second-order valence-corrected chi connectivity index (χ2v) is 9.24. The fourth-order valence-corrected chi connectivity index (χ4v) is 3.56. The number of oxime groups is 1. The minimum atomic E-state index is -0.854. The number of carbonyl (C=O) groups is 3. The second-order valence-electron chi connectivity index (χ2n) is 8.38. The number of anilines is 1. The van der Waals surface area contributed by atoms with Crippen LogP contribution in [0.5, 0.6) is 0 Å². The van der Waals surface area contributed by atoms with E-state index in [2.05, 4.69) is 22.0 Å². The van der Waals surface area contributed by atoms with Gasteiger partial charge in [0.2, 0.25) is 5.76 Å². The number of rotatable bonds is 9. The molecule has 0 aliphatic heterocycles. The van der Waals surface area contributed by atoms with Crippen molar-refractivity contribution in [3.05, 3.63) is 95.2 Å². The fourth-order valence-electron chi connectivity index (χ4n) is 2.87. The Morgan fingerprint density at radius 3 is 2.17 bits per heavy atom. The molecule has 0 bridgehead atoms. The lowest BCUT2D eigenvalue weighted by molar-refractivity contribution is -0.147. The van der Waals surface area contributed by atoms with Crippen molar-refractivity contribution >= 4 is 40.5 Å². The third-order valence-electron chi connectivity index (χ3n) is 4.40. The first-order valence-electron chi connectivity index (χ1n) is 10.8. The first-order valence-corrected chi connectivity index (χ1v) is 11.7. The standard InChI is InChI=1S/C26H25N3O6S/c1-17(23(31)33-22(18-11-7-5-8-12-18)19-13-9-6-10-14-19)35-29-20(15-30)21-16-36-24(27-21)28-25(32)34-26(2,3)4/h5-16,22H,1H2,2-4H3,(H,27,28,32). The zero-order chi connectivity index (χ0) is 26.1. The summed E-state index contributed by atoms with van der Waals surface area (Å²) in [6, 6.07) is 18.4. The van der Waals surface area contributed by atoms with Gasteiger partial charge < -0.3 is 14.3 Å². The number of benzene rings is 2. The van der Waals surface area contributed by atoms with E-state index in [1.165, 1.54) is 5.38 Å². The maximum atomic E-state index is 12.7. The molecule has 0 saturated heterocycles. The van der Waals surface area contributed by atoms with Gasteiger partial charge in [-0.1, -0.05) is 65.8 Å². The lowest BCUT2D eigenvalue weighted by atomic mass is 10.0. The van der Waals surface area contributed by atoms with Crippen LogP contribution in [0.1, 0.15) is 43.7 Å². The first kappa shape index (κ1) is 26.3. The van der Waals surface area contributed by atoms with Gasteiger partial charge in [-0.05, 0) is 38.5 Å². The van der Waals surface area contributed by atoms with Crippen LogP contribution >= 0.6 is 11.3 Å². The van der Waals surface area contributed by atoms with E-state index in [4.69, 9.17) is 14.3 Å². The average molecular weight is 508 g/mol. The molecule has 0 radical (unpaired) electrons. The van der Waals surface area contributed by atoms with E-state index in [1.54, 1.807) is 20.8 Å². The summed E-state index contributed by atoms with van der Waals surface area (Å²) < 4.78 is 10.8. The molecule has 0 fully saturated rings. The molecule has 3 aromatic rings. The molecule has 3 rings (SSSR count). The Hall–Kier alpha value is -4.31. The van der Waals surface area contributed by atoms with Crippen LogP contribution in [0.25, 0.3) is 0 Å². The summed E-state index contributed by atoms with van der Waals surface area (Å²) in [6.45, 7) is 8.75. The first-order chi connectivity index (χ1) is 17.2. The Labute approximate surface area is 212 Å². The molecule has 10 heteroatoms. The number of carbonyl (C=O) groups excluding carboxylic acids is 3. The van der Waals surface area contributed by atoms with E-state index < -0.39 is 29.5 Å². The van der Waals surface area contributed by atoms with Gasteiger partial charge in [-0.15, -0.1) is 11.3 Å². The van der Waals surface area contributed by atoms with Crippen LogP contribution in [-0.4, -0.2) is 34.6 Å². The van der Waals surface area contributed by atoms with Gasteiger partial charge in [0, 0.05) is 5.38 Å². The number of amides is 1. The van der Waals surface area contributed by atoms with Gasteiger partial charge in [0.05, 0.1) is 0 Å². The van der Waals surface area contributed by atoms with E-state index in [0.717, 1.165) is 22.5 Å². The SMILES string of the molecule is C=C(ON=C(C=O)c1csc(NC(=O)OC(C)(C)C)n1)C(=O)OC(c1ccccc1)c1ccccc1. The molecule has 9 nitrogen and oxygen atoms in total. The van der Waals surface area contributed by atoms with Gasteiger partial charge in [0.15, 0.2) is 23.2 Å². The molecule has 36 heavy (non-hydrogen) atoms. The molecule has 0 spiro atoms. The molecule has 0 unspecified atom stereocenters. The predicted molar refractivity (Wildman–Crippen MR) is 136 cm³/mol. The van der Waals surface area contributed by atoms with Crippen molar-refractivity contribution in [3.8, 4) is 0 Å².